The molecule has 0 atom stereocenters. The maximum Gasteiger partial charge on any atom is 0.354 e. The summed E-state index contributed by atoms with van der Waals surface area (Å²) in [6, 6.07) is 16.4. The van der Waals surface area contributed by atoms with Crippen LogP contribution >= 0.6 is 11.3 Å². The first-order valence-corrected chi connectivity index (χ1v) is 10.8. The highest BCUT2D eigenvalue weighted by atomic mass is 32.1. The van der Waals surface area contributed by atoms with Crippen molar-refractivity contribution in [3.05, 3.63) is 71.2 Å². The molecule has 170 valence electrons. The number of methoxy groups -OCH3 is 2. The minimum absolute atomic E-state index is 0.0853. The summed E-state index contributed by atoms with van der Waals surface area (Å²) in [5.74, 6) is -1.87. The molecule has 33 heavy (non-hydrogen) atoms. The molecule has 0 saturated heterocycles. The molecule has 8 nitrogen and oxygen atoms in total. The third-order valence-electron chi connectivity index (χ3n) is 4.39. The Morgan fingerprint density at radius 1 is 1.00 bits per heavy atom. The van der Waals surface area contributed by atoms with Crippen LogP contribution in [0.25, 0.3) is 21.8 Å². The molecule has 0 fully saturated rings. The average molecular weight is 467 g/mol. The van der Waals surface area contributed by atoms with E-state index < -0.39 is 17.9 Å². The van der Waals surface area contributed by atoms with E-state index in [-0.39, 0.29) is 12.3 Å². The van der Waals surface area contributed by atoms with Crippen LogP contribution in [0.1, 0.15) is 16.6 Å². The number of ether oxygens (including phenoxy) is 3. The predicted octanol–water partition coefficient (Wildman–Crippen LogP) is 4.30. The Morgan fingerprint density at radius 3 is 2.39 bits per heavy atom. The van der Waals surface area contributed by atoms with Crippen LogP contribution in [-0.4, -0.2) is 43.7 Å². The van der Waals surface area contributed by atoms with E-state index >= 15 is 0 Å². The monoisotopic (exact) mass is 466 g/mol. The molecule has 0 saturated carbocycles. The quantitative estimate of drug-likeness (QED) is 0.298. The first-order valence-electron chi connectivity index (χ1n) is 9.95. The number of carbonyl (C=O) groups excluding carboxylic acids is 3. The zero-order valence-electron chi connectivity index (χ0n) is 18.3. The van der Waals surface area contributed by atoms with E-state index in [2.05, 4.69) is 10.1 Å². The molecule has 3 rings (SSSR count). The van der Waals surface area contributed by atoms with Gasteiger partial charge in [0.25, 0.3) is 0 Å². The Labute approximate surface area is 194 Å². The van der Waals surface area contributed by atoms with Crippen LogP contribution < -0.4 is 5.32 Å². The highest BCUT2D eigenvalue weighted by Crippen LogP contribution is 2.35. The summed E-state index contributed by atoms with van der Waals surface area (Å²) in [4.78, 5) is 41.3. The molecule has 0 aliphatic rings. The molecule has 1 aromatic heterocycles. The van der Waals surface area contributed by atoms with Crippen molar-refractivity contribution in [3.63, 3.8) is 0 Å². The molecule has 1 N–H and O–H groups in total. The fraction of sp³-hybridized carbons (Fsp3) is 0.167. The largest absolute Gasteiger partial charge is 0.466 e. The molecule has 0 bridgehead atoms. The Balaban J connectivity index is 2.00. The van der Waals surface area contributed by atoms with E-state index in [4.69, 9.17) is 14.5 Å². The summed E-state index contributed by atoms with van der Waals surface area (Å²) in [5, 5.41) is 3.47. The Morgan fingerprint density at radius 2 is 1.73 bits per heavy atom. The maximum absolute atomic E-state index is 12.6. The molecule has 9 heteroatoms. The second-order valence-electron chi connectivity index (χ2n) is 6.56. The first-order chi connectivity index (χ1) is 16.0. The number of thiazole rings is 1. The lowest BCUT2D eigenvalue weighted by Gasteiger charge is -2.10. The Kier molecular flexibility index (Phi) is 7.93. The second kappa shape index (κ2) is 11.1. The number of nitrogens with zero attached hydrogens (tertiary/aromatic N) is 1. The van der Waals surface area contributed by atoms with Crippen molar-refractivity contribution in [3.8, 4) is 21.8 Å². The SMILES string of the molecule is CCOC(=O)c1sc(-c2cccc(N/C(=C/C(=O)OC)C(=O)OC)c2)nc1-c1ccccc1. The summed E-state index contributed by atoms with van der Waals surface area (Å²) < 4.78 is 14.5. The van der Waals surface area contributed by atoms with Gasteiger partial charge in [0.2, 0.25) is 0 Å². The second-order valence-corrected chi connectivity index (χ2v) is 7.56. The van der Waals surface area contributed by atoms with Crippen LogP contribution in [0, 0.1) is 0 Å². The normalized spacial score (nSPS) is 10.9. The number of benzene rings is 2. The van der Waals surface area contributed by atoms with Gasteiger partial charge >= 0.3 is 17.9 Å². The lowest BCUT2D eigenvalue weighted by Crippen LogP contribution is -2.15. The highest BCUT2D eigenvalue weighted by molar-refractivity contribution is 7.17. The molecule has 2 aromatic carbocycles. The number of rotatable bonds is 8. The molecule has 3 aromatic rings. The third-order valence-corrected chi connectivity index (χ3v) is 5.48. The molecular weight excluding hydrogens is 444 g/mol. The van der Waals surface area contributed by atoms with E-state index in [0.29, 0.717) is 26.8 Å². The Bertz CT molecular complexity index is 1190. The van der Waals surface area contributed by atoms with Crippen molar-refractivity contribution < 1.29 is 28.6 Å². The van der Waals surface area contributed by atoms with Crippen LogP contribution in [0.3, 0.4) is 0 Å². The van der Waals surface area contributed by atoms with Gasteiger partial charge in [-0.3, -0.25) is 0 Å². The standard InChI is InChI=1S/C24H22N2O6S/c1-4-32-24(29)21-20(15-9-6-5-7-10-15)26-22(33-21)16-11-8-12-17(13-16)25-18(23(28)31-3)14-19(27)30-2/h5-14,25H,4H2,1-3H3/b18-14+. The number of esters is 3. The lowest BCUT2D eigenvalue weighted by molar-refractivity contribution is -0.138. The minimum atomic E-state index is -0.726. The van der Waals surface area contributed by atoms with Crippen LogP contribution in [0.2, 0.25) is 0 Å². The number of hydrogen-bond donors (Lipinski definition) is 1. The number of anilines is 1. The summed E-state index contributed by atoms with van der Waals surface area (Å²) in [5.41, 5.74) is 2.47. The minimum Gasteiger partial charge on any atom is -0.466 e. The van der Waals surface area contributed by atoms with Crippen molar-refractivity contribution in [2.45, 2.75) is 6.92 Å². The third kappa shape index (κ3) is 5.83. The summed E-state index contributed by atoms with van der Waals surface area (Å²) in [6.07, 6.45) is 1.01. The predicted molar refractivity (Wildman–Crippen MR) is 125 cm³/mol. The van der Waals surface area contributed by atoms with Crippen LogP contribution in [0.15, 0.2) is 66.4 Å². The van der Waals surface area contributed by atoms with Crippen LogP contribution in [0.4, 0.5) is 5.69 Å². The van der Waals surface area contributed by atoms with E-state index in [1.807, 2.05) is 36.4 Å². The first kappa shape index (κ1) is 23.7. The van der Waals surface area contributed by atoms with Gasteiger partial charge in [0.05, 0.1) is 32.6 Å². The Hall–Kier alpha value is -3.98. The van der Waals surface area contributed by atoms with Crippen molar-refractivity contribution in [2.24, 2.45) is 0 Å². The van der Waals surface area contributed by atoms with Crippen LogP contribution in [-0.2, 0) is 23.8 Å². The number of carbonyl (C=O) groups is 3. The van der Waals surface area contributed by atoms with Crippen molar-refractivity contribution >= 4 is 34.9 Å². The highest BCUT2D eigenvalue weighted by Gasteiger charge is 2.21. The molecule has 0 unspecified atom stereocenters. The molecule has 0 amide bonds. The average Bonchev–Trinajstić information content (AvgIpc) is 3.30. The van der Waals surface area contributed by atoms with Gasteiger partial charge in [-0.25, -0.2) is 19.4 Å². The molecular formula is C24H22N2O6S. The smallest absolute Gasteiger partial charge is 0.354 e. The maximum atomic E-state index is 12.6. The fourth-order valence-corrected chi connectivity index (χ4v) is 3.87. The van der Waals surface area contributed by atoms with Crippen molar-refractivity contribution in [1.82, 2.24) is 4.98 Å². The number of hydrogen-bond acceptors (Lipinski definition) is 9. The van der Waals surface area contributed by atoms with Gasteiger partial charge in [-0.15, -0.1) is 11.3 Å². The molecule has 0 aliphatic carbocycles. The van der Waals surface area contributed by atoms with Gasteiger partial charge in [-0.1, -0.05) is 42.5 Å². The molecule has 1 heterocycles. The molecule has 0 spiro atoms. The summed E-state index contributed by atoms with van der Waals surface area (Å²) in [7, 11) is 2.42. The lowest BCUT2D eigenvalue weighted by atomic mass is 10.1. The van der Waals surface area contributed by atoms with E-state index in [1.54, 1.807) is 25.1 Å². The van der Waals surface area contributed by atoms with Crippen molar-refractivity contribution in [2.75, 3.05) is 26.1 Å². The van der Waals surface area contributed by atoms with Crippen molar-refractivity contribution in [1.29, 1.82) is 0 Å². The fourth-order valence-electron chi connectivity index (χ4n) is 2.89. The van der Waals surface area contributed by atoms with E-state index in [1.165, 1.54) is 25.6 Å². The molecule has 0 aliphatic heterocycles. The topological polar surface area (TPSA) is 104 Å². The van der Waals surface area contributed by atoms with E-state index in [9.17, 15) is 14.4 Å². The number of aromatic nitrogens is 1. The van der Waals surface area contributed by atoms with Gasteiger partial charge < -0.3 is 19.5 Å². The van der Waals surface area contributed by atoms with Gasteiger partial charge in [-0.05, 0) is 19.1 Å². The summed E-state index contributed by atoms with van der Waals surface area (Å²) >= 11 is 1.21. The molecule has 0 radical (unpaired) electrons. The summed E-state index contributed by atoms with van der Waals surface area (Å²) in [6.45, 7) is 2.00. The van der Waals surface area contributed by atoms with Gasteiger partial charge in [0.15, 0.2) is 0 Å². The van der Waals surface area contributed by atoms with Gasteiger partial charge in [0.1, 0.15) is 15.6 Å². The van der Waals surface area contributed by atoms with Gasteiger partial charge in [0, 0.05) is 16.8 Å². The van der Waals surface area contributed by atoms with Gasteiger partial charge in [-0.2, -0.15) is 0 Å². The van der Waals surface area contributed by atoms with E-state index in [0.717, 1.165) is 11.6 Å². The zero-order chi connectivity index (χ0) is 23.8. The zero-order valence-corrected chi connectivity index (χ0v) is 19.1. The van der Waals surface area contributed by atoms with Crippen LogP contribution in [0.5, 0.6) is 0 Å². The number of nitrogens with one attached hydrogen (secondary N) is 1.